The smallest absolute Gasteiger partial charge is 0.352 e. The predicted molar refractivity (Wildman–Crippen MR) is 72.6 cm³/mol. The zero-order valence-corrected chi connectivity index (χ0v) is 12.0. The first-order chi connectivity index (χ1) is 9.84. The van der Waals surface area contributed by atoms with Gasteiger partial charge in [0.05, 0.1) is 0 Å². The molecule has 21 heavy (non-hydrogen) atoms. The fourth-order valence-electron chi connectivity index (χ4n) is 1.88. The number of carboxylic acids is 1. The summed E-state index contributed by atoms with van der Waals surface area (Å²) in [6.45, 7) is 1.13. The molecule has 0 aromatic heterocycles. The molecular formula is C11H15N3O6S. The van der Waals surface area contributed by atoms with E-state index in [1.165, 1.54) is 23.6 Å². The summed E-state index contributed by atoms with van der Waals surface area (Å²) in [7, 11) is 0. The van der Waals surface area contributed by atoms with E-state index in [-0.39, 0.29) is 24.1 Å². The summed E-state index contributed by atoms with van der Waals surface area (Å²) in [5, 5.41) is 8.83. The molecular weight excluding hydrogens is 302 g/mol. The second kappa shape index (κ2) is 7.09. The number of primary amides is 1. The van der Waals surface area contributed by atoms with Crippen LogP contribution in [0.4, 0.5) is 0 Å². The van der Waals surface area contributed by atoms with Crippen molar-refractivity contribution in [2.75, 3.05) is 12.4 Å². The number of hydrogen-bond acceptors (Lipinski definition) is 7. The van der Waals surface area contributed by atoms with Gasteiger partial charge in [0.25, 0.3) is 0 Å². The van der Waals surface area contributed by atoms with Crippen LogP contribution in [0.3, 0.4) is 0 Å². The Labute approximate surface area is 124 Å². The quantitative estimate of drug-likeness (QED) is 0.314. The van der Waals surface area contributed by atoms with Crippen molar-refractivity contribution in [1.29, 1.82) is 0 Å². The Bertz CT molecular complexity index is 506. The molecule has 0 aliphatic carbocycles. The second-order valence-corrected chi connectivity index (χ2v) is 5.21. The van der Waals surface area contributed by atoms with E-state index in [0.29, 0.717) is 11.3 Å². The van der Waals surface area contributed by atoms with Crippen molar-refractivity contribution < 1.29 is 29.0 Å². The number of thioether (sulfide) groups is 1. The van der Waals surface area contributed by atoms with Gasteiger partial charge in [0.1, 0.15) is 23.7 Å². The molecule has 0 radical (unpaired) electrons. The first-order valence-electron chi connectivity index (χ1n) is 5.79. The van der Waals surface area contributed by atoms with Crippen LogP contribution in [0.5, 0.6) is 0 Å². The minimum Gasteiger partial charge on any atom is -0.477 e. The topological polar surface area (TPSA) is 153 Å². The van der Waals surface area contributed by atoms with E-state index >= 15 is 0 Å². The summed E-state index contributed by atoms with van der Waals surface area (Å²) in [5.41, 5.74) is 10.1. The molecule has 5 N–H and O–H groups in total. The molecule has 0 saturated carbocycles. The highest BCUT2D eigenvalue weighted by molar-refractivity contribution is 8.00. The summed E-state index contributed by atoms with van der Waals surface area (Å²) in [4.78, 5) is 43.3. The molecule has 0 spiro atoms. The Morgan fingerprint density at radius 1 is 1.57 bits per heavy atom. The molecule has 0 aromatic carbocycles. The van der Waals surface area contributed by atoms with Crippen LogP contribution in [-0.4, -0.2) is 58.0 Å². The number of rotatable bonds is 3. The fourth-order valence-corrected chi connectivity index (χ4v) is 3.15. The molecule has 2 rings (SSSR count). The average Bonchev–Trinajstić information content (AvgIpc) is 2.43. The number of carbonyl (C=O) groups excluding carboxylic acids is 3. The number of carboxylic acid groups (broad SMARTS) is 1. The number of fused-ring (bicyclic) bond motifs is 1. The molecule has 9 nitrogen and oxygen atoms in total. The molecule has 2 aliphatic rings. The van der Waals surface area contributed by atoms with Crippen LogP contribution in [0, 0.1) is 0 Å². The van der Waals surface area contributed by atoms with E-state index in [1.54, 1.807) is 0 Å². The Balaban J connectivity index is 0.000000677. The van der Waals surface area contributed by atoms with Crippen LogP contribution in [0.25, 0.3) is 0 Å². The Morgan fingerprint density at radius 3 is 2.62 bits per heavy atom. The molecule has 116 valence electrons. The first kappa shape index (κ1) is 17.0. The largest absolute Gasteiger partial charge is 0.477 e. The lowest BCUT2D eigenvalue weighted by atomic mass is 10.0. The number of amides is 2. The highest BCUT2D eigenvalue weighted by Gasteiger charge is 2.51. The minimum absolute atomic E-state index is 0.105. The van der Waals surface area contributed by atoms with Crippen molar-refractivity contribution in [1.82, 2.24) is 4.90 Å². The van der Waals surface area contributed by atoms with Gasteiger partial charge >= 0.3 is 11.9 Å². The Hall–Kier alpha value is -2.07. The maximum atomic E-state index is 11.6. The van der Waals surface area contributed by atoms with Crippen LogP contribution in [0.2, 0.25) is 0 Å². The maximum Gasteiger partial charge on any atom is 0.352 e. The monoisotopic (exact) mass is 317 g/mol. The number of β-lactam (4-membered cyclic amide) rings is 1. The molecule has 2 atom stereocenters. The van der Waals surface area contributed by atoms with Crippen LogP contribution in [-0.2, 0) is 23.9 Å². The van der Waals surface area contributed by atoms with E-state index in [9.17, 15) is 14.4 Å². The lowest BCUT2D eigenvalue weighted by Crippen LogP contribution is -2.68. The lowest BCUT2D eigenvalue weighted by Gasteiger charge is -2.47. The van der Waals surface area contributed by atoms with Crippen molar-refractivity contribution >= 4 is 36.0 Å². The molecule has 10 heteroatoms. The maximum absolute atomic E-state index is 11.6. The summed E-state index contributed by atoms with van der Waals surface area (Å²) >= 11 is 1.37. The second-order valence-electron chi connectivity index (χ2n) is 4.11. The van der Waals surface area contributed by atoms with Crippen molar-refractivity contribution in [3.63, 3.8) is 0 Å². The minimum atomic E-state index is -1.21. The van der Waals surface area contributed by atoms with Gasteiger partial charge in [-0.15, -0.1) is 11.8 Å². The van der Waals surface area contributed by atoms with Gasteiger partial charge in [-0.05, 0) is 0 Å². The van der Waals surface area contributed by atoms with Crippen molar-refractivity contribution in [3.05, 3.63) is 11.3 Å². The Morgan fingerprint density at radius 2 is 2.14 bits per heavy atom. The molecule has 0 aromatic rings. The Kier molecular flexibility index (Phi) is 5.73. The summed E-state index contributed by atoms with van der Waals surface area (Å²) in [6, 6.07) is -0.653. The van der Waals surface area contributed by atoms with Gasteiger partial charge in [-0.1, -0.05) is 0 Å². The third kappa shape index (κ3) is 3.52. The number of esters is 1. The third-order valence-corrected chi connectivity index (χ3v) is 4.10. The number of nitrogens with zero attached hydrogens (tertiary/aromatic N) is 1. The number of carbonyl (C=O) groups is 4. The molecule has 2 amide bonds. The van der Waals surface area contributed by atoms with Gasteiger partial charge in [0, 0.05) is 18.2 Å². The molecule has 0 bridgehead atoms. The van der Waals surface area contributed by atoms with Gasteiger partial charge in [-0.3, -0.25) is 19.3 Å². The van der Waals surface area contributed by atoms with Crippen LogP contribution in [0.15, 0.2) is 11.3 Å². The van der Waals surface area contributed by atoms with E-state index in [1.807, 2.05) is 0 Å². The first-order valence-corrected chi connectivity index (χ1v) is 6.84. The van der Waals surface area contributed by atoms with Gasteiger partial charge in [0.15, 0.2) is 0 Å². The summed E-state index contributed by atoms with van der Waals surface area (Å²) in [5.74, 6) is -1.73. The van der Waals surface area contributed by atoms with E-state index < -0.39 is 23.9 Å². The molecule has 1 fully saturated rings. The van der Waals surface area contributed by atoms with Gasteiger partial charge < -0.3 is 21.3 Å². The van der Waals surface area contributed by atoms with Crippen molar-refractivity contribution in [2.45, 2.75) is 18.3 Å². The highest BCUT2D eigenvalue weighted by atomic mass is 32.2. The standard InChI is InChI=1S/C10H12N2O5S.CH3NO/c1-4(13)17-2-5-3-18-9-6(11)8(14)12(9)7(5)10(15)16;2-1-3/h6,9H,2-3,11H2,1H3,(H,15,16);1H,(H2,2,3)/t6-,9+;/m0./s1. The average molecular weight is 317 g/mol. The number of nitrogens with two attached hydrogens (primary N) is 2. The SMILES string of the molecule is CC(=O)OCC1=C(C(=O)O)N2C(=O)[C@H](N)[C@H]2SC1.NC=O. The number of ether oxygens (including phenoxy) is 1. The number of hydrogen-bond donors (Lipinski definition) is 3. The summed E-state index contributed by atoms with van der Waals surface area (Å²) in [6.07, 6.45) is 0.250. The highest BCUT2D eigenvalue weighted by Crippen LogP contribution is 2.39. The molecule has 1 saturated heterocycles. The third-order valence-electron chi connectivity index (χ3n) is 2.74. The van der Waals surface area contributed by atoms with Crippen LogP contribution < -0.4 is 11.5 Å². The normalized spacial score (nSPS) is 23.3. The van der Waals surface area contributed by atoms with E-state index in [4.69, 9.17) is 20.4 Å². The van der Waals surface area contributed by atoms with Gasteiger partial charge in [-0.2, -0.15) is 0 Å². The zero-order valence-electron chi connectivity index (χ0n) is 11.1. The van der Waals surface area contributed by atoms with Crippen LogP contribution in [0.1, 0.15) is 6.92 Å². The number of aliphatic carboxylic acids is 1. The molecule has 0 unspecified atom stereocenters. The van der Waals surface area contributed by atoms with Gasteiger partial charge in [-0.25, -0.2) is 4.79 Å². The van der Waals surface area contributed by atoms with E-state index in [0.717, 1.165) is 0 Å². The molecule has 2 heterocycles. The van der Waals surface area contributed by atoms with Crippen LogP contribution >= 0.6 is 11.8 Å². The van der Waals surface area contributed by atoms with E-state index in [2.05, 4.69) is 5.73 Å². The van der Waals surface area contributed by atoms with Gasteiger partial charge in [0.2, 0.25) is 12.3 Å². The predicted octanol–water partition coefficient (Wildman–Crippen LogP) is -1.77. The zero-order chi connectivity index (χ0) is 16.2. The fraction of sp³-hybridized carbons (Fsp3) is 0.455. The van der Waals surface area contributed by atoms with Crippen molar-refractivity contribution in [2.24, 2.45) is 11.5 Å². The molecule has 2 aliphatic heterocycles. The van der Waals surface area contributed by atoms with Crippen molar-refractivity contribution in [3.8, 4) is 0 Å². The summed E-state index contributed by atoms with van der Waals surface area (Å²) < 4.78 is 4.79. The lowest BCUT2D eigenvalue weighted by molar-refractivity contribution is -0.148.